The van der Waals surface area contributed by atoms with E-state index in [1.54, 1.807) is 0 Å². The number of nitrogens with two attached hydrogens (primary N) is 4. The van der Waals surface area contributed by atoms with Gasteiger partial charge in [0.1, 0.15) is 12.1 Å². The van der Waals surface area contributed by atoms with E-state index in [0.29, 0.717) is 0 Å². The molecule has 2 atom stereocenters. The van der Waals surface area contributed by atoms with Gasteiger partial charge in [-0.3, -0.25) is 19.2 Å². The van der Waals surface area contributed by atoms with Gasteiger partial charge in [0.05, 0.1) is 6.54 Å². The van der Waals surface area contributed by atoms with Crippen molar-refractivity contribution in [1.82, 2.24) is 0 Å². The molecule has 0 aromatic carbocycles. The molecule has 0 radical (unpaired) electrons. The average molecular weight is 310 g/mol. The van der Waals surface area contributed by atoms with Crippen LogP contribution in [0.1, 0.15) is 19.8 Å². The van der Waals surface area contributed by atoms with E-state index in [1.165, 1.54) is 6.92 Å². The molecular weight excluding hydrogens is 288 g/mol. The van der Waals surface area contributed by atoms with Crippen molar-refractivity contribution in [3.63, 3.8) is 0 Å². The number of amides is 1. The van der Waals surface area contributed by atoms with Crippen molar-refractivity contribution < 1.29 is 34.5 Å². The molecule has 0 aliphatic rings. The molecule has 0 aromatic heterocycles. The number of hydrogen-bond acceptors (Lipinski definition) is 7. The molecule has 124 valence electrons. The number of carboxylic acid groups (broad SMARTS) is 3. The number of carbonyl (C=O) groups excluding carboxylic acids is 1. The van der Waals surface area contributed by atoms with Gasteiger partial charge in [0.25, 0.3) is 0 Å². The molecular formula is C10H22N4O7. The molecule has 0 heterocycles. The summed E-state index contributed by atoms with van der Waals surface area (Å²) in [6.45, 7) is 1.14. The van der Waals surface area contributed by atoms with Crippen LogP contribution in [0.4, 0.5) is 0 Å². The van der Waals surface area contributed by atoms with Crippen molar-refractivity contribution >= 4 is 23.8 Å². The minimum Gasteiger partial charge on any atom is -0.480 e. The molecule has 0 rings (SSSR count). The number of carboxylic acids is 3. The molecule has 11 nitrogen and oxygen atoms in total. The molecule has 21 heavy (non-hydrogen) atoms. The molecule has 0 saturated carbocycles. The van der Waals surface area contributed by atoms with Crippen LogP contribution in [0.15, 0.2) is 0 Å². The molecule has 0 aliphatic carbocycles. The average Bonchev–Trinajstić information content (AvgIpc) is 2.36. The number of hydrogen-bond donors (Lipinski definition) is 7. The summed E-state index contributed by atoms with van der Waals surface area (Å²) in [7, 11) is 0. The largest absolute Gasteiger partial charge is 0.480 e. The topological polar surface area (TPSA) is 233 Å². The van der Waals surface area contributed by atoms with E-state index in [0.717, 1.165) is 0 Å². The first-order valence-corrected chi connectivity index (χ1v) is 5.62. The van der Waals surface area contributed by atoms with Crippen LogP contribution in [0.25, 0.3) is 0 Å². The highest BCUT2D eigenvalue weighted by atomic mass is 16.4. The van der Waals surface area contributed by atoms with Gasteiger partial charge in [-0.05, 0) is 13.3 Å². The monoisotopic (exact) mass is 310 g/mol. The normalized spacial score (nSPS) is 11.6. The Morgan fingerprint density at radius 1 is 1.00 bits per heavy atom. The molecule has 0 saturated heterocycles. The summed E-state index contributed by atoms with van der Waals surface area (Å²) in [5.74, 6) is -3.57. The van der Waals surface area contributed by atoms with Crippen LogP contribution < -0.4 is 22.9 Å². The summed E-state index contributed by atoms with van der Waals surface area (Å²) in [6, 6.07) is -1.71. The first-order valence-electron chi connectivity index (χ1n) is 5.62. The summed E-state index contributed by atoms with van der Waals surface area (Å²) in [5, 5.41) is 23.7. The summed E-state index contributed by atoms with van der Waals surface area (Å²) in [6.07, 6.45) is 0.123. The molecule has 0 aliphatic heterocycles. The standard InChI is InChI=1S/C5H10N2O3.C3H7NO2.C2H5NO2/c6-3(5(9)10)1-2-4(7)8;1-2(4)3(5)6;3-1-2(4)5/h3H,1-2,6H2,(H2,7,8)(H,9,10);2H,4H2,1H3,(H,5,6);1,3H2,(H,4,5). The maximum Gasteiger partial charge on any atom is 0.320 e. The zero-order valence-corrected chi connectivity index (χ0v) is 11.6. The van der Waals surface area contributed by atoms with Crippen LogP contribution in [0, 0.1) is 0 Å². The lowest BCUT2D eigenvalue weighted by Crippen LogP contribution is -2.31. The van der Waals surface area contributed by atoms with Crippen molar-refractivity contribution in [2.24, 2.45) is 22.9 Å². The van der Waals surface area contributed by atoms with E-state index in [1.807, 2.05) is 0 Å². The number of carbonyl (C=O) groups is 4. The van der Waals surface area contributed by atoms with E-state index < -0.39 is 35.9 Å². The highest BCUT2D eigenvalue weighted by Gasteiger charge is 2.11. The maximum absolute atomic E-state index is 10.1. The summed E-state index contributed by atoms with van der Waals surface area (Å²) >= 11 is 0. The van der Waals surface area contributed by atoms with Crippen LogP contribution in [-0.2, 0) is 19.2 Å². The van der Waals surface area contributed by atoms with Crippen molar-refractivity contribution in [2.45, 2.75) is 31.8 Å². The molecule has 0 aromatic rings. The van der Waals surface area contributed by atoms with E-state index in [-0.39, 0.29) is 19.4 Å². The van der Waals surface area contributed by atoms with Crippen molar-refractivity contribution in [3.8, 4) is 0 Å². The Bertz CT molecular complexity index is 346. The Labute approximate surface area is 120 Å². The smallest absolute Gasteiger partial charge is 0.320 e. The lowest BCUT2D eigenvalue weighted by Gasteiger charge is -2.01. The molecule has 0 bridgehead atoms. The number of primary amides is 1. The fraction of sp³-hybridized carbons (Fsp3) is 0.600. The van der Waals surface area contributed by atoms with Crippen LogP contribution in [-0.4, -0.2) is 57.8 Å². The second-order valence-electron chi connectivity index (χ2n) is 3.67. The highest BCUT2D eigenvalue weighted by Crippen LogP contribution is 1.92. The zero-order chi connectivity index (χ0) is 17.6. The van der Waals surface area contributed by atoms with Gasteiger partial charge >= 0.3 is 17.9 Å². The van der Waals surface area contributed by atoms with Crippen molar-refractivity contribution in [1.29, 1.82) is 0 Å². The van der Waals surface area contributed by atoms with Crippen LogP contribution in [0.3, 0.4) is 0 Å². The molecule has 1 amide bonds. The Hall–Kier alpha value is -2.24. The van der Waals surface area contributed by atoms with Gasteiger partial charge in [-0.2, -0.15) is 0 Å². The van der Waals surface area contributed by atoms with Crippen molar-refractivity contribution in [3.05, 3.63) is 0 Å². The Kier molecular flexibility index (Phi) is 16.1. The van der Waals surface area contributed by atoms with E-state index in [4.69, 9.17) is 32.5 Å². The quantitative estimate of drug-likeness (QED) is 0.264. The summed E-state index contributed by atoms with van der Waals surface area (Å²) in [4.78, 5) is 39.0. The number of rotatable bonds is 6. The lowest BCUT2D eigenvalue weighted by molar-refractivity contribution is -0.139. The SMILES string of the molecule is CC(N)C(=O)O.NC(=O)CCC(N)C(=O)O.NCC(=O)O. The van der Waals surface area contributed by atoms with Gasteiger partial charge < -0.3 is 38.3 Å². The maximum atomic E-state index is 10.1. The minimum atomic E-state index is -1.11. The minimum absolute atomic E-state index is 0.0213. The second-order valence-corrected chi connectivity index (χ2v) is 3.67. The van der Waals surface area contributed by atoms with E-state index in [2.05, 4.69) is 5.73 Å². The summed E-state index contributed by atoms with van der Waals surface area (Å²) < 4.78 is 0. The zero-order valence-electron chi connectivity index (χ0n) is 11.6. The van der Waals surface area contributed by atoms with E-state index in [9.17, 15) is 19.2 Å². The molecule has 11 heteroatoms. The molecule has 0 fully saturated rings. The van der Waals surface area contributed by atoms with Gasteiger partial charge in [0.2, 0.25) is 5.91 Å². The predicted octanol–water partition coefficient (Wildman–Crippen LogP) is -2.89. The van der Waals surface area contributed by atoms with Crippen LogP contribution >= 0.6 is 0 Å². The van der Waals surface area contributed by atoms with Gasteiger partial charge in [-0.15, -0.1) is 0 Å². The van der Waals surface area contributed by atoms with Gasteiger partial charge in [-0.25, -0.2) is 0 Å². The molecule has 0 spiro atoms. The van der Waals surface area contributed by atoms with Crippen LogP contribution in [0.5, 0.6) is 0 Å². The third kappa shape index (κ3) is 27.1. The number of aliphatic carboxylic acids is 3. The van der Waals surface area contributed by atoms with Gasteiger partial charge in [0, 0.05) is 6.42 Å². The summed E-state index contributed by atoms with van der Waals surface area (Å²) in [5.41, 5.74) is 19.2. The third-order valence-corrected chi connectivity index (χ3v) is 1.58. The molecule has 11 N–H and O–H groups in total. The Balaban J connectivity index is -0.000000252. The first kappa shape index (κ1) is 23.8. The Morgan fingerprint density at radius 2 is 1.33 bits per heavy atom. The first-order chi connectivity index (χ1) is 9.45. The van der Waals surface area contributed by atoms with E-state index >= 15 is 0 Å². The second kappa shape index (κ2) is 14.2. The molecule has 2 unspecified atom stereocenters. The highest BCUT2D eigenvalue weighted by molar-refractivity contribution is 5.77. The predicted molar refractivity (Wildman–Crippen MR) is 72.0 cm³/mol. The fourth-order valence-corrected chi connectivity index (χ4v) is 0.421. The lowest BCUT2D eigenvalue weighted by atomic mass is 10.2. The van der Waals surface area contributed by atoms with Crippen LogP contribution in [0.2, 0.25) is 0 Å². The van der Waals surface area contributed by atoms with Gasteiger partial charge in [0.15, 0.2) is 0 Å². The van der Waals surface area contributed by atoms with Gasteiger partial charge in [-0.1, -0.05) is 0 Å². The van der Waals surface area contributed by atoms with Crippen molar-refractivity contribution in [2.75, 3.05) is 6.54 Å². The Morgan fingerprint density at radius 3 is 1.48 bits per heavy atom. The fourth-order valence-electron chi connectivity index (χ4n) is 0.421. The third-order valence-electron chi connectivity index (χ3n) is 1.58.